The van der Waals surface area contributed by atoms with E-state index in [1.54, 1.807) is 18.2 Å². The molecule has 41 heavy (non-hydrogen) atoms. The van der Waals surface area contributed by atoms with Gasteiger partial charge in [-0.2, -0.15) is 0 Å². The van der Waals surface area contributed by atoms with Crippen LogP contribution in [0.2, 0.25) is 0 Å². The molecule has 1 atom stereocenters. The maximum absolute atomic E-state index is 13.0. The Morgan fingerprint density at radius 1 is 0.927 bits per heavy atom. The van der Waals surface area contributed by atoms with Crippen LogP contribution in [0.4, 0.5) is 5.69 Å². The summed E-state index contributed by atoms with van der Waals surface area (Å²) in [7, 11) is 0. The minimum Gasteiger partial charge on any atom is -0.494 e. The standard InChI is InChI=1S/C31H35N3O7/c1-31(2,3)41-30(39)20-4-6-21(7-5-20)33-15-12-19(13-16-33)14-17-40-22-8-9-23-24(18-22)29(38)34(28(23)37)25-10-11-26(35)32-27(25)36/h4-9,18-19,25H,10-17H2,1-3H3,(H,32,35,36). The maximum atomic E-state index is 13.0. The second kappa shape index (κ2) is 11.3. The largest absolute Gasteiger partial charge is 0.494 e. The predicted molar refractivity (Wildman–Crippen MR) is 150 cm³/mol. The van der Waals surface area contributed by atoms with E-state index in [9.17, 15) is 24.0 Å². The van der Waals surface area contributed by atoms with Gasteiger partial charge in [-0.05, 0) is 94.8 Å². The van der Waals surface area contributed by atoms with Crippen molar-refractivity contribution in [3.05, 3.63) is 59.2 Å². The summed E-state index contributed by atoms with van der Waals surface area (Å²) in [6.07, 6.45) is 3.08. The summed E-state index contributed by atoms with van der Waals surface area (Å²) in [4.78, 5) is 65.1. The monoisotopic (exact) mass is 561 g/mol. The van der Waals surface area contributed by atoms with E-state index < -0.39 is 35.3 Å². The van der Waals surface area contributed by atoms with E-state index >= 15 is 0 Å². The van der Waals surface area contributed by atoms with E-state index in [2.05, 4.69) is 10.2 Å². The fourth-order valence-electron chi connectivity index (χ4n) is 5.51. The number of nitrogens with one attached hydrogen (secondary N) is 1. The van der Waals surface area contributed by atoms with Gasteiger partial charge in [0.25, 0.3) is 11.8 Å². The van der Waals surface area contributed by atoms with Gasteiger partial charge in [0.1, 0.15) is 17.4 Å². The molecule has 0 spiro atoms. The fraction of sp³-hybridized carbons (Fsp3) is 0.452. The molecule has 0 aliphatic carbocycles. The van der Waals surface area contributed by atoms with Gasteiger partial charge in [0.05, 0.1) is 23.3 Å². The van der Waals surface area contributed by atoms with Crippen LogP contribution in [0.1, 0.15) is 83.9 Å². The Hall–Kier alpha value is -4.21. The normalized spacial score (nSPS) is 19.7. The number of fused-ring (bicyclic) bond motifs is 1. The first-order chi connectivity index (χ1) is 19.5. The van der Waals surface area contributed by atoms with Crippen LogP contribution in [0.3, 0.4) is 0 Å². The number of esters is 1. The number of hydrogen-bond acceptors (Lipinski definition) is 8. The molecule has 2 saturated heterocycles. The highest BCUT2D eigenvalue weighted by Crippen LogP contribution is 2.31. The molecule has 2 aromatic rings. The van der Waals surface area contributed by atoms with Crippen LogP contribution in [0.15, 0.2) is 42.5 Å². The van der Waals surface area contributed by atoms with Gasteiger partial charge in [0, 0.05) is 25.2 Å². The summed E-state index contributed by atoms with van der Waals surface area (Å²) in [5.41, 5.74) is 1.53. The van der Waals surface area contributed by atoms with Crippen LogP contribution in [-0.2, 0) is 14.3 Å². The molecule has 1 unspecified atom stereocenters. The van der Waals surface area contributed by atoms with E-state index in [-0.39, 0.29) is 29.9 Å². The first kappa shape index (κ1) is 28.3. The minimum atomic E-state index is -0.988. The zero-order valence-corrected chi connectivity index (χ0v) is 23.6. The molecule has 1 N–H and O–H groups in total. The number of hydrogen-bond donors (Lipinski definition) is 1. The lowest BCUT2D eigenvalue weighted by Gasteiger charge is -2.33. The molecule has 0 radical (unpaired) electrons. The zero-order chi connectivity index (χ0) is 29.3. The predicted octanol–water partition coefficient (Wildman–Crippen LogP) is 3.73. The second-order valence-electron chi connectivity index (χ2n) is 11.8. The van der Waals surface area contributed by atoms with Crippen LogP contribution in [0.5, 0.6) is 5.75 Å². The first-order valence-electron chi connectivity index (χ1n) is 14.1. The van der Waals surface area contributed by atoms with Crippen LogP contribution >= 0.6 is 0 Å². The highest BCUT2D eigenvalue weighted by Gasteiger charge is 2.44. The third-order valence-electron chi connectivity index (χ3n) is 7.69. The Kier molecular flexibility index (Phi) is 7.84. The molecule has 3 aliphatic rings. The first-order valence-corrected chi connectivity index (χ1v) is 14.1. The van der Waals surface area contributed by atoms with Crippen LogP contribution < -0.4 is 15.0 Å². The molecule has 2 fully saturated rings. The van der Waals surface area contributed by atoms with Crippen molar-refractivity contribution < 1.29 is 33.4 Å². The van der Waals surface area contributed by atoms with Gasteiger partial charge in [-0.1, -0.05) is 0 Å². The number of carbonyl (C=O) groups is 5. The van der Waals surface area contributed by atoms with Crippen LogP contribution in [0, 0.1) is 5.92 Å². The number of nitrogens with zero attached hydrogens (tertiary/aromatic N) is 2. The zero-order valence-electron chi connectivity index (χ0n) is 23.6. The lowest BCUT2D eigenvalue weighted by Crippen LogP contribution is -2.54. The topological polar surface area (TPSA) is 122 Å². The highest BCUT2D eigenvalue weighted by molar-refractivity contribution is 6.23. The molecule has 3 aliphatic heterocycles. The molecule has 3 heterocycles. The van der Waals surface area contributed by atoms with E-state index in [1.165, 1.54) is 0 Å². The summed E-state index contributed by atoms with van der Waals surface area (Å²) in [6, 6.07) is 11.3. The number of carbonyl (C=O) groups excluding carboxylic acids is 5. The average Bonchev–Trinajstić information content (AvgIpc) is 3.17. The lowest BCUT2D eigenvalue weighted by atomic mass is 9.93. The van der Waals surface area contributed by atoms with Gasteiger partial charge >= 0.3 is 5.97 Å². The van der Waals surface area contributed by atoms with Gasteiger partial charge in [0.2, 0.25) is 11.8 Å². The molecule has 5 rings (SSSR count). The van der Waals surface area contributed by atoms with Crippen molar-refractivity contribution in [2.45, 2.75) is 64.5 Å². The number of benzene rings is 2. The summed E-state index contributed by atoms with van der Waals surface area (Å²) in [6.45, 7) is 7.84. The summed E-state index contributed by atoms with van der Waals surface area (Å²) < 4.78 is 11.4. The number of piperidine rings is 2. The second-order valence-corrected chi connectivity index (χ2v) is 11.8. The van der Waals surface area contributed by atoms with Crippen molar-refractivity contribution in [3.63, 3.8) is 0 Å². The number of rotatable bonds is 7. The Bertz CT molecular complexity index is 1370. The summed E-state index contributed by atoms with van der Waals surface area (Å²) in [5.74, 6) is -1.44. The number of amides is 4. The molecule has 10 nitrogen and oxygen atoms in total. The van der Waals surface area contributed by atoms with E-state index in [0.717, 1.165) is 42.9 Å². The van der Waals surface area contributed by atoms with E-state index in [4.69, 9.17) is 9.47 Å². The van der Waals surface area contributed by atoms with Gasteiger partial charge in [-0.3, -0.25) is 29.4 Å². The SMILES string of the molecule is CC(C)(C)OC(=O)c1ccc(N2CCC(CCOc3ccc4c(c3)C(=O)N(C3CCC(=O)NC3=O)C4=O)CC2)cc1. The van der Waals surface area contributed by atoms with Crippen molar-refractivity contribution in [2.24, 2.45) is 5.92 Å². The van der Waals surface area contributed by atoms with Gasteiger partial charge in [0.15, 0.2) is 0 Å². The summed E-state index contributed by atoms with van der Waals surface area (Å²) >= 11 is 0. The number of ether oxygens (including phenoxy) is 2. The van der Waals surface area contributed by atoms with E-state index in [1.807, 2.05) is 45.0 Å². The molecule has 0 bridgehead atoms. The van der Waals surface area contributed by atoms with Crippen molar-refractivity contribution in [3.8, 4) is 5.75 Å². The molecular weight excluding hydrogens is 526 g/mol. The van der Waals surface area contributed by atoms with Gasteiger partial charge in [-0.25, -0.2) is 4.79 Å². The fourth-order valence-corrected chi connectivity index (χ4v) is 5.51. The van der Waals surface area contributed by atoms with E-state index in [0.29, 0.717) is 23.8 Å². The third-order valence-corrected chi connectivity index (χ3v) is 7.69. The number of imide groups is 2. The number of anilines is 1. The van der Waals surface area contributed by atoms with Gasteiger partial charge < -0.3 is 14.4 Å². The van der Waals surface area contributed by atoms with Crippen molar-refractivity contribution in [1.82, 2.24) is 10.2 Å². The smallest absolute Gasteiger partial charge is 0.338 e. The Morgan fingerprint density at radius 2 is 1.61 bits per heavy atom. The molecule has 2 aromatic carbocycles. The maximum Gasteiger partial charge on any atom is 0.338 e. The van der Waals surface area contributed by atoms with Crippen molar-refractivity contribution >= 4 is 35.3 Å². The molecule has 10 heteroatoms. The van der Waals surface area contributed by atoms with Crippen molar-refractivity contribution in [2.75, 3.05) is 24.6 Å². The van der Waals surface area contributed by atoms with Gasteiger partial charge in [-0.15, -0.1) is 0 Å². The molecular formula is C31H35N3O7. The Morgan fingerprint density at radius 3 is 2.27 bits per heavy atom. The molecule has 0 aromatic heterocycles. The lowest BCUT2D eigenvalue weighted by molar-refractivity contribution is -0.136. The average molecular weight is 562 g/mol. The molecule has 4 amide bonds. The quantitative estimate of drug-likeness (QED) is 0.401. The molecule has 0 saturated carbocycles. The Balaban J connectivity index is 1.10. The van der Waals surface area contributed by atoms with Crippen LogP contribution in [-0.4, -0.2) is 65.8 Å². The highest BCUT2D eigenvalue weighted by atomic mass is 16.6. The third kappa shape index (κ3) is 6.26. The van der Waals surface area contributed by atoms with Crippen molar-refractivity contribution in [1.29, 1.82) is 0 Å². The molecule has 216 valence electrons. The van der Waals surface area contributed by atoms with Crippen LogP contribution in [0.25, 0.3) is 0 Å². The minimum absolute atomic E-state index is 0.0808. The summed E-state index contributed by atoms with van der Waals surface area (Å²) in [5, 5.41) is 2.20. The Labute approximate surface area is 239 Å².